The number of aryl methyl sites for hydroxylation is 2. The lowest BCUT2D eigenvalue weighted by molar-refractivity contribution is -0.136. The number of aliphatic carboxylic acids is 1. The fourth-order valence-corrected chi connectivity index (χ4v) is 5.01. The molecule has 1 aromatic heterocycles. The van der Waals surface area contributed by atoms with Gasteiger partial charge in [-0.15, -0.1) is 11.3 Å². The molecular weight excluding hydrogens is 472 g/mol. The van der Waals surface area contributed by atoms with Crippen molar-refractivity contribution in [1.29, 1.82) is 0 Å². The van der Waals surface area contributed by atoms with Crippen LogP contribution in [0.25, 0.3) is 11.1 Å². The van der Waals surface area contributed by atoms with E-state index >= 15 is 0 Å². The van der Waals surface area contributed by atoms with Crippen LogP contribution in [0.3, 0.4) is 0 Å². The zero-order valence-corrected chi connectivity index (χ0v) is 20.8. The Hall–Kier alpha value is -3.26. The van der Waals surface area contributed by atoms with Gasteiger partial charge in [-0.3, -0.25) is 9.59 Å². The highest BCUT2D eigenvalue weighted by atomic mass is 32.1. The lowest BCUT2D eigenvalue weighted by Gasteiger charge is -2.17. The van der Waals surface area contributed by atoms with Crippen LogP contribution in [-0.4, -0.2) is 30.1 Å². The minimum absolute atomic E-state index is 0.00379. The second kappa shape index (κ2) is 11.9. The number of rotatable bonds is 11. The van der Waals surface area contributed by atoms with E-state index in [2.05, 4.69) is 12.2 Å². The van der Waals surface area contributed by atoms with E-state index in [1.54, 1.807) is 18.2 Å². The number of hydrogen-bond acceptors (Lipinski definition) is 4. The van der Waals surface area contributed by atoms with Crippen LogP contribution in [0.2, 0.25) is 0 Å². The standard InChI is InChI=1S/C27H29F2NO4S/c1-4-18(22-9-10-23(35-22)27(33)30-12-11-24(31)32)15-34-21-13-16(2)25(17(3)14-21)19-5-7-20(8-6-19)26(28)29/h5-10,13-14,18,26H,4,11-12,15H2,1-3H3,(H,30,33)(H,31,32). The Morgan fingerprint density at radius 2 is 1.71 bits per heavy atom. The Labute approximate surface area is 207 Å². The van der Waals surface area contributed by atoms with Crippen molar-refractivity contribution in [2.24, 2.45) is 0 Å². The molecule has 8 heteroatoms. The summed E-state index contributed by atoms with van der Waals surface area (Å²) in [6.07, 6.45) is -1.78. The lowest BCUT2D eigenvalue weighted by Crippen LogP contribution is -2.25. The molecule has 0 fully saturated rings. The molecule has 2 N–H and O–H groups in total. The molecule has 186 valence electrons. The predicted octanol–water partition coefficient (Wildman–Crippen LogP) is 6.75. The number of benzene rings is 2. The van der Waals surface area contributed by atoms with Crippen LogP contribution in [0.15, 0.2) is 48.5 Å². The quantitative estimate of drug-likeness (QED) is 0.305. The molecule has 35 heavy (non-hydrogen) atoms. The molecule has 1 unspecified atom stereocenters. The number of carbonyl (C=O) groups is 2. The van der Waals surface area contributed by atoms with Gasteiger partial charge < -0.3 is 15.2 Å². The molecule has 3 rings (SSSR count). The highest BCUT2D eigenvalue weighted by Gasteiger charge is 2.17. The first kappa shape index (κ1) is 26.3. The van der Waals surface area contributed by atoms with Gasteiger partial charge in [0.05, 0.1) is 17.9 Å². The van der Waals surface area contributed by atoms with Crippen molar-refractivity contribution in [3.05, 3.63) is 75.0 Å². The van der Waals surface area contributed by atoms with Gasteiger partial charge in [0, 0.05) is 22.9 Å². The van der Waals surface area contributed by atoms with Gasteiger partial charge in [0.15, 0.2) is 0 Å². The van der Waals surface area contributed by atoms with E-state index in [9.17, 15) is 18.4 Å². The summed E-state index contributed by atoms with van der Waals surface area (Å²) in [5.41, 5.74) is 3.88. The second-order valence-corrected chi connectivity index (χ2v) is 9.49. The zero-order chi connectivity index (χ0) is 25.5. The summed E-state index contributed by atoms with van der Waals surface area (Å²) in [5, 5.41) is 11.3. The Balaban J connectivity index is 1.67. The van der Waals surface area contributed by atoms with Crippen molar-refractivity contribution >= 4 is 23.2 Å². The molecule has 0 spiro atoms. The number of carboxylic acid groups (broad SMARTS) is 1. The molecule has 5 nitrogen and oxygen atoms in total. The number of amides is 1. The topological polar surface area (TPSA) is 75.6 Å². The number of ether oxygens (including phenoxy) is 1. The van der Waals surface area contributed by atoms with Gasteiger partial charge in [0.2, 0.25) is 0 Å². The Bertz CT molecular complexity index is 1150. The lowest BCUT2D eigenvalue weighted by atomic mass is 9.95. The zero-order valence-electron chi connectivity index (χ0n) is 19.9. The van der Waals surface area contributed by atoms with E-state index < -0.39 is 12.4 Å². The van der Waals surface area contributed by atoms with Crippen LogP contribution in [0.1, 0.15) is 63.3 Å². The molecule has 0 aliphatic rings. The summed E-state index contributed by atoms with van der Waals surface area (Å²) >= 11 is 1.38. The normalized spacial score (nSPS) is 11.9. The van der Waals surface area contributed by atoms with Crippen LogP contribution in [-0.2, 0) is 4.79 Å². The molecule has 0 aliphatic heterocycles. The van der Waals surface area contributed by atoms with Crippen LogP contribution >= 0.6 is 11.3 Å². The highest BCUT2D eigenvalue weighted by Crippen LogP contribution is 2.33. The largest absolute Gasteiger partial charge is 0.493 e. The maximum absolute atomic E-state index is 12.9. The molecule has 0 aliphatic carbocycles. The molecule has 0 saturated heterocycles. The summed E-state index contributed by atoms with van der Waals surface area (Å²) in [6.45, 7) is 6.54. The van der Waals surface area contributed by atoms with Crippen molar-refractivity contribution in [1.82, 2.24) is 5.32 Å². The van der Waals surface area contributed by atoms with Gasteiger partial charge in [-0.05, 0) is 66.8 Å². The third kappa shape index (κ3) is 6.88. The smallest absolute Gasteiger partial charge is 0.305 e. The number of halogens is 2. The fraction of sp³-hybridized carbons (Fsp3) is 0.333. The number of thiophene rings is 1. The summed E-state index contributed by atoms with van der Waals surface area (Å²) in [7, 11) is 0. The molecule has 3 aromatic rings. The van der Waals surface area contributed by atoms with E-state index in [1.165, 1.54) is 23.5 Å². The third-order valence-electron chi connectivity index (χ3n) is 5.78. The van der Waals surface area contributed by atoms with Gasteiger partial charge in [-0.2, -0.15) is 0 Å². The van der Waals surface area contributed by atoms with Crippen LogP contribution in [0.5, 0.6) is 5.75 Å². The van der Waals surface area contributed by atoms with Gasteiger partial charge in [-0.25, -0.2) is 8.78 Å². The average molecular weight is 502 g/mol. The first-order valence-electron chi connectivity index (χ1n) is 11.4. The highest BCUT2D eigenvalue weighted by molar-refractivity contribution is 7.14. The molecule has 1 amide bonds. The first-order chi connectivity index (χ1) is 16.7. The Morgan fingerprint density at radius 3 is 2.29 bits per heavy atom. The summed E-state index contributed by atoms with van der Waals surface area (Å²) < 4.78 is 31.9. The van der Waals surface area contributed by atoms with Gasteiger partial charge in [0.25, 0.3) is 12.3 Å². The van der Waals surface area contributed by atoms with E-state index in [-0.39, 0.29) is 30.4 Å². The Morgan fingerprint density at radius 1 is 1.06 bits per heavy atom. The summed E-state index contributed by atoms with van der Waals surface area (Å²) in [6, 6.07) is 13.9. The maximum Gasteiger partial charge on any atom is 0.305 e. The van der Waals surface area contributed by atoms with Crippen molar-refractivity contribution in [2.75, 3.05) is 13.2 Å². The van der Waals surface area contributed by atoms with Gasteiger partial charge >= 0.3 is 5.97 Å². The fourth-order valence-electron chi connectivity index (χ4n) is 3.92. The van der Waals surface area contributed by atoms with Crippen molar-refractivity contribution < 1.29 is 28.2 Å². The Kier molecular flexibility index (Phi) is 8.98. The number of carbonyl (C=O) groups excluding carboxylic acids is 1. The van der Waals surface area contributed by atoms with E-state index in [4.69, 9.17) is 9.84 Å². The van der Waals surface area contributed by atoms with Crippen LogP contribution in [0.4, 0.5) is 8.78 Å². The number of carboxylic acids is 1. The minimum atomic E-state index is -2.49. The number of hydrogen-bond donors (Lipinski definition) is 2. The average Bonchev–Trinajstić information content (AvgIpc) is 3.29. The SMILES string of the molecule is CCC(COc1cc(C)c(-c2ccc(C(F)F)cc2)c(C)c1)c1ccc(C(=O)NCCC(=O)O)s1. The van der Waals surface area contributed by atoms with E-state index in [1.807, 2.05) is 32.0 Å². The van der Waals surface area contributed by atoms with Gasteiger partial charge in [0.1, 0.15) is 5.75 Å². The van der Waals surface area contributed by atoms with E-state index in [0.717, 1.165) is 39.3 Å². The summed E-state index contributed by atoms with van der Waals surface area (Å²) in [5.74, 6) is -0.400. The van der Waals surface area contributed by atoms with E-state index in [0.29, 0.717) is 11.5 Å². The first-order valence-corrected chi connectivity index (χ1v) is 12.2. The molecule has 0 saturated carbocycles. The van der Waals surface area contributed by atoms with Gasteiger partial charge in [-0.1, -0.05) is 31.2 Å². The monoisotopic (exact) mass is 501 g/mol. The molecule has 0 bridgehead atoms. The molecule has 0 radical (unpaired) electrons. The molecule has 2 aromatic carbocycles. The molecule has 1 atom stereocenters. The third-order valence-corrected chi connectivity index (χ3v) is 7.03. The van der Waals surface area contributed by atoms with Crippen molar-refractivity contribution in [2.45, 2.75) is 46.0 Å². The maximum atomic E-state index is 12.9. The van der Waals surface area contributed by atoms with Crippen molar-refractivity contribution in [3.63, 3.8) is 0 Å². The van der Waals surface area contributed by atoms with Crippen LogP contribution < -0.4 is 10.1 Å². The van der Waals surface area contributed by atoms with Crippen molar-refractivity contribution in [3.8, 4) is 16.9 Å². The second-order valence-electron chi connectivity index (χ2n) is 8.37. The molecular formula is C27H29F2NO4S. The molecule has 1 heterocycles. The predicted molar refractivity (Wildman–Crippen MR) is 134 cm³/mol. The number of nitrogens with one attached hydrogen (secondary N) is 1. The number of alkyl halides is 2. The van der Waals surface area contributed by atoms with Crippen LogP contribution in [0, 0.1) is 13.8 Å². The summed E-state index contributed by atoms with van der Waals surface area (Å²) in [4.78, 5) is 24.4. The minimum Gasteiger partial charge on any atom is -0.493 e.